The van der Waals surface area contributed by atoms with Crippen LogP contribution in [-0.4, -0.2) is 45.0 Å². The third-order valence-corrected chi connectivity index (χ3v) is 8.71. The zero-order valence-electron chi connectivity index (χ0n) is 19.1. The second-order valence-electron chi connectivity index (χ2n) is 9.86. The lowest BCUT2D eigenvalue weighted by Gasteiger charge is -2.37. The summed E-state index contributed by atoms with van der Waals surface area (Å²) in [6.45, 7) is -0.622. The predicted octanol–water partition coefficient (Wildman–Crippen LogP) is 4.19. The van der Waals surface area contributed by atoms with E-state index >= 15 is 0 Å². The SMILES string of the molecule is O=C(CN(C(=O)c1ccc(Cl)c(Cl)c1)N1C(=O)[C@@H]2[C@@H]3C=C[C@H]([C@H]4C[C@@H]34)[C@@H]2C1=O)c1ccc([N+](=O)[O-])cc1. The molecule has 5 aliphatic rings. The van der Waals surface area contributed by atoms with Crippen molar-refractivity contribution in [3.8, 4) is 0 Å². The van der Waals surface area contributed by atoms with Gasteiger partial charge in [-0.2, -0.15) is 5.01 Å². The molecule has 2 saturated carbocycles. The Labute approximate surface area is 220 Å². The van der Waals surface area contributed by atoms with E-state index in [1.165, 1.54) is 42.5 Å². The third kappa shape index (κ3) is 3.67. The molecule has 0 N–H and O–H groups in total. The molecule has 1 saturated heterocycles. The van der Waals surface area contributed by atoms with Crippen molar-refractivity contribution >= 4 is 52.4 Å². The average Bonchev–Trinajstić information content (AvgIpc) is 3.67. The highest BCUT2D eigenvalue weighted by atomic mass is 35.5. The molecule has 188 valence electrons. The number of carbonyl (C=O) groups excluding carboxylic acids is 4. The number of rotatable bonds is 6. The van der Waals surface area contributed by atoms with Crippen molar-refractivity contribution in [1.82, 2.24) is 10.0 Å². The first-order valence-corrected chi connectivity index (χ1v) is 12.5. The van der Waals surface area contributed by atoms with Gasteiger partial charge >= 0.3 is 0 Å². The van der Waals surface area contributed by atoms with Crippen LogP contribution in [0.3, 0.4) is 0 Å². The molecule has 0 spiro atoms. The summed E-state index contributed by atoms with van der Waals surface area (Å²) in [5.41, 5.74) is -0.0573. The smallest absolute Gasteiger partial charge is 0.273 e. The lowest BCUT2D eigenvalue weighted by atomic mass is 9.63. The number of benzene rings is 2. The minimum absolute atomic E-state index is 0.0466. The molecule has 0 unspecified atom stereocenters. The third-order valence-electron chi connectivity index (χ3n) is 7.98. The maximum atomic E-state index is 13.7. The zero-order chi connectivity index (χ0) is 26.2. The number of hydrogen-bond acceptors (Lipinski definition) is 6. The van der Waals surface area contributed by atoms with Gasteiger partial charge in [-0.3, -0.25) is 29.3 Å². The van der Waals surface area contributed by atoms with E-state index < -0.39 is 46.8 Å². The summed E-state index contributed by atoms with van der Waals surface area (Å²) in [6.07, 6.45) is 5.02. The van der Waals surface area contributed by atoms with Gasteiger partial charge in [0.25, 0.3) is 23.4 Å². The Morgan fingerprint density at radius 1 is 0.919 bits per heavy atom. The van der Waals surface area contributed by atoms with Crippen LogP contribution in [0.5, 0.6) is 0 Å². The minimum Gasteiger partial charge on any atom is -0.292 e. The van der Waals surface area contributed by atoms with E-state index in [0.717, 1.165) is 16.4 Å². The molecule has 3 fully saturated rings. The zero-order valence-corrected chi connectivity index (χ0v) is 20.6. The van der Waals surface area contributed by atoms with Crippen LogP contribution in [0.2, 0.25) is 10.0 Å². The molecule has 11 heteroatoms. The maximum Gasteiger partial charge on any atom is 0.273 e. The molecule has 3 amide bonds. The van der Waals surface area contributed by atoms with Gasteiger partial charge in [0.15, 0.2) is 5.78 Å². The number of ketones is 1. The van der Waals surface area contributed by atoms with E-state index in [1.54, 1.807) is 0 Å². The Morgan fingerprint density at radius 3 is 2.03 bits per heavy atom. The molecule has 6 atom stereocenters. The van der Waals surface area contributed by atoms with Crippen molar-refractivity contribution in [2.75, 3.05) is 6.54 Å². The first kappa shape index (κ1) is 23.8. The number of hydrogen-bond donors (Lipinski definition) is 0. The Hall–Kier alpha value is -3.56. The van der Waals surface area contributed by atoms with Crippen LogP contribution in [0.1, 0.15) is 27.1 Å². The molecule has 2 bridgehead atoms. The number of halogens is 2. The number of carbonyl (C=O) groups is 4. The van der Waals surface area contributed by atoms with E-state index in [1.807, 2.05) is 12.2 Å². The van der Waals surface area contributed by atoms with E-state index in [0.29, 0.717) is 11.8 Å². The number of nitro benzene ring substituents is 1. The van der Waals surface area contributed by atoms with Gasteiger partial charge in [0.2, 0.25) is 0 Å². The Bertz CT molecular complexity index is 1390. The second kappa shape index (κ2) is 8.49. The first-order valence-electron chi connectivity index (χ1n) is 11.8. The molecule has 0 radical (unpaired) electrons. The summed E-state index contributed by atoms with van der Waals surface area (Å²) in [4.78, 5) is 64.6. The van der Waals surface area contributed by atoms with Crippen molar-refractivity contribution in [1.29, 1.82) is 0 Å². The van der Waals surface area contributed by atoms with E-state index in [9.17, 15) is 29.3 Å². The molecule has 0 aromatic heterocycles. The number of non-ortho nitro benzene ring substituents is 1. The summed E-state index contributed by atoms with van der Waals surface area (Å²) < 4.78 is 0. The molecule has 2 aromatic rings. The summed E-state index contributed by atoms with van der Waals surface area (Å²) >= 11 is 12.1. The van der Waals surface area contributed by atoms with E-state index in [2.05, 4.69) is 0 Å². The number of imide groups is 1. The number of Topliss-reactive ketones (excluding diaryl/α,β-unsaturated/α-hetero) is 1. The monoisotopic (exact) mass is 539 g/mol. The van der Waals surface area contributed by atoms with Crippen molar-refractivity contribution in [2.45, 2.75) is 6.42 Å². The van der Waals surface area contributed by atoms with Gasteiger partial charge in [-0.25, -0.2) is 5.01 Å². The van der Waals surface area contributed by atoms with Gasteiger partial charge < -0.3 is 0 Å². The van der Waals surface area contributed by atoms with E-state index in [4.69, 9.17) is 23.2 Å². The number of allylic oxidation sites excluding steroid dienone is 2. The van der Waals surface area contributed by atoms with Gasteiger partial charge in [-0.05, 0) is 60.4 Å². The molecule has 4 aliphatic carbocycles. The summed E-state index contributed by atoms with van der Waals surface area (Å²) in [5, 5.41) is 13.0. The second-order valence-corrected chi connectivity index (χ2v) is 10.7. The van der Waals surface area contributed by atoms with Gasteiger partial charge in [-0.15, -0.1) is 0 Å². The van der Waals surface area contributed by atoms with Gasteiger partial charge in [0.05, 0.1) is 26.8 Å². The molecular formula is C26H19Cl2N3O6. The summed E-state index contributed by atoms with van der Waals surface area (Å²) in [6, 6.07) is 9.02. The first-order chi connectivity index (χ1) is 17.7. The molecule has 1 aliphatic heterocycles. The van der Waals surface area contributed by atoms with Gasteiger partial charge in [-0.1, -0.05) is 35.4 Å². The Balaban J connectivity index is 1.35. The van der Waals surface area contributed by atoms with Crippen LogP contribution >= 0.6 is 23.2 Å². The summed E-state index contributed by atoms with van der Waals surface area (Å²) in [5.74, 6) is -2.86. The molecule has 37 heavy (non-hydrogen) atoms. The molecule has 7 rings (SSSR count). The quantitative estimate of drug-likeness (QED) is 0.178. The largest absolute Gasteiger partial charge is 0.292 e. The van der Waals surface area contributed by atoms with Crippen molar-refractivity contribution in [3.05, 3.63) is 85.9 Å². The Morgan fingerprint density at radius 2 is 1.49 bits per heavy atom. The topological polar surface area (TPSA) is 118 Å². The van der Waals surface area contributed by atoms with Crippen LogP contribution in [0, 0.1) is 45.6 Å². The average molecular weight is 540 g/mol. The predicted molar refractivity (Wildman–Crippen MR) is 131 cm³/mol. The van der Waals surface area contributed by atoms with Crippen LogP contribution < -0.4 is 0 Å². The number of amides is 3. The highest BCUT2D eigenvalue weighted by molar-refractivity contribution is 6.42. The number of nitro groups is 1. The van der Waals surface area contributed by atoms with Crippen molar-refractivity contribution in [2.24, 2.45) is 35.5 Å². The van der Waals surface area contributed by atoms with Crippen molar-refractivity contribution in [3.63, 3.8) is 0 Å². The van der Waals surface area contributed by atoms with Crippen LogP contribution in [0.15, 0.2) is 54.6 Å². The molecule has 9 nitrogen and oxygen atoms in total. The highest BCUT2D eigenvalue weighted by Gasteiger charge is 2.68. The fourth-order valence-corrected chi connectivity index (χ4v) is 6.49. The van der Waals surface area contributed by atoms with Gasteiger partial charge in [0.1, 0.15) is 6.54 Å². The molecular weight excluding hydrogens is 521 g/mol. The lowest BCUT2D eigenvalue weighted by Crippen LogP contribution is -2.52. The van der Waals surface area contributed by atoms with Crippen LogP contribution in [-0.2, 0) is 9.59 Å². The Kier molecular flexibility index (Phi) is 5.47. The lowest BCUT2D eigenvalue weighted by molar-refractivity contribution is -0.384. The normalized spacial score (nSPS) is 28.6. The summed E-state index contributed by atoms with van der Waals surface area (Å²) in [7, 11) is 0. The fraction of sp³-hybridized carbons (Fsp3) is 0.308. The number of nitrogens with zero attached hydrogens (tertiary/aromatic N) is 3. The van der Waals surface area contributed by atoms with Gasteiger partial charge in [0, 0.05) is 23.3 Å². The van der Waals surface area contributed by atoms with Crippen LogP contribution in [0.25, 0.3) is 0 Å². The van der Waals surface area contributed by atoms with Crippen LogP contribution in [0.4, 0.5) is 5.69 Å². The van der Waals surface area contributed by atoms with E-state index in [-0.39, 0.29) is 38.7 Å². The highest BCUT2D eigenvalue weighted by Crippen LogP contribution is 2.65. The molecule has 2 aromatic carbocycles. The molecule has 1 heterocycles. The van der Waals surface area contributed by atoms with Crippen molar-refractivity contribution < 1.29 is 24.1 Å². The maximum absolute atomic E-state index is 13.7. The minimum atomic E-state index is -0.764. The standard InChI is InChI=1S/C26H19Cl2N3O6/c27-19-8-3-13(9-20(19)28)24(33)29(11-21(32)12-1-4-14(5-2-12)31(36)37)30-25(34)22-15-6-7-16(18-10-17(15)18)23(22)26(30)35/h1-9,15-18,22-23H,10-11H2/t15-,16-,17-,18+,22+,23-/m1/s1. The fourth-order valence-electron chi connectivity index (χ4n) is 6.19. The number of hydrazine groups is 1.